The highest BCUT2D eigenvalue weighted by Gasteiger charge is 2.14. The molecule has 6 nitrogen and oxygen atoms in total. The number of hydrogen-bond acceptors (Lipinski definition) is 6. The van der Waals surface area contributed by atoms with Gasteiger partial charge in [-0.3, -0.25) is 4.79 Å². The number of nitrogens with one attached hydrogen (secondary N) is 1. The van der Waals surface area contributed by atoms with Crippen LogP contribution in [0.2, 0.25) is 0 Å². The summed E-state index contributed by atoms with van der Waals surface area (Å²) in [6.45, 7) is 6.19. The molecular weight excluding hydrogens is 384 g/mol. The van der Waals surface area contributed by atoms with Gasteiger partial charge in [-0.25, -0.2) is 9.97 Å². The maximum atomic E-state index is 12.2. The second-order valence-electron chi connectivity index (χ2n) is 6.84. The van der Waals surface area contributed by atoms with Crippen LogP contribution in [0.4, 0.5) is 0 Å². The van der Waals surface area contributed by atoms with E-state index in [0.29, 0.717) is 23.7 Å². The number of rotatable bonds is 5. The number of carbonyl (C=O) groups is 1. The second-order valence-corrected chi connectivity index (χ2v) is 7.95. The molecular formula is C22H20N4O2S. The van der Waals surface area contributed by atoms with E-state index >= 15 is 0 Å². The summed E-state index contributed by atoms with van der Waals surface area (Å²) in [6.07, 6.45) is 1.76. The minimum absolute atomic E-state index is 0.0622. The molecule has 1 amide bonds. The molecule has 0 atom stereocenters. The van der Waals surface area contributed by atoms with Crippen LogP contribution in [0.1, 0.15) is 32.3 Å². The molecule has 29 heavy (non-hydrogen) atoms. The number of benzene rings is 1. The van der Waals surface area contributed by atoms with Crippen LogP contribution >= 0.6 is 11.3 Å². The van der Waals surface area contributed by atoms with E-state index in [-0.39, 0.29) is 5.91 Å². The van der Waals surface area contributed by atoms with E-state index in [0.717, 1.165) is 33.0 Å². The first-order chi connectivity index (χ1) is 14.0. The summed E-state index contributed by atoms with van der Waals surface area (Å²) in [7, 11) is 0. The first-order valence-electron chi connectivity index (χ1n) is 9.19. The van der Waals surface area contributed by atoms with Gasteiger partial charge in [-0.1, -0.05) is 29.4 Å². The first kappa shape index (κ1) is 19.0. The molecule has 0 saturated heterocycles. The third kappa shape index (κ3) is 4.25. The number of aromatic nitrogens is 3. The van der Waals surface area contributed by atoms with E-state index in [1.165, 1.54) is 0 Å². The lowest BCUT2D eigenvalue weighted by Gasteiger charge is -2.09. The number of hydrogen-bond donors (Lipinski definition) is 1. The molecule has 4 rings (SSSR count). The van der Waals surface area contributed by atoms with Crippen LogP contribution in [0.5, 0.6) is 0 Å². The van der Waals surface area contributed by atoms with Gasteiger partial charge in [0.2, 0.25) is 0 Å². The van der Waals surface area contributed by atoms with Crippen molar-refractivity contribution in [2.45, 2.75) is 27.3 Å². The van der Waals surface area contributed by atoms with Crippen LogP contribution in [0.3, 0.4) is 0 Å². The Morgan fingerprint density at radius 1 is 1.14 bits per heavy atom. The molecule has 1 N–H and O–H groups in total. The molecule has 0 aliphatic carbocycles. The molecule has 3 aromatic heterocycles. The van der Waals surface area contributed by atoms with E-state index in [9.17, 15) is 4.79 Å². The number of carbonyl (C=O) groups excluding carboxylic acids is 1. The first-order valence-corrected chi connectivity index (χ1v) is 10.1. The van der Waals surface area contributed by atoms with Crippen molar-refractivity contribution in [1.82, 2.24) is 20.4 Å². The SMILES string of the molecule is Cc1cc(-c2cnc(C)nc2-c2ccc(CNC(=O)c3csc(C)c3)cc2)on1. The number of thiophene rings is 1. The molecule has 0 fully saturated rings. The van der Waals surface area contributed by atoms with Crippen LogP contribution in [0.15, 0.2) is 52.5 Å². The van der Waals surface area contributed by atoms with Crippen LogP contribution in [-0.4, -0.2) is 21.0 Å². The number of nitrogens with zero attached hydrogens (tertiary/aromatic N) is 3. The number of amides is 1. The Morgan fingerprint density at radius 2 is 1.93 bits per heavy atom. The van der Waals surface area contributed by atoms with Gasteiger partial charge in [-0.05, 0) is 32.4 Å². The number of aryl methyl sites for hydroxylation is 3. The van der Waals surface area contributed by atoms with Gasteiger partial charge in [-0.2, -0.15) is 0 Å². The maximum absolute atomic E-state index is 12.2. The van der Waals surface area contributed by atoms with Gasteiger partial charge in [0.15, 0.2) is 5.76 Å². The van der Waals surface area contributed by atoms with Crippen molar-refractivity contribution in [3.8, 4) is 22.6 Å². The molecule has 0 radical (unpaired) electrons. The maximum Gasteiger partial charge on any atom is 0.252 e. The molecule has 0 saturated carbocycles. The predicted molar refractivity (Wildman–Crippen MR) is 113 cm³/mol. The van der Waals surface area contributed by atoms with Crippen molar-refractivity contribution in [2.24, 2.45) is 0 Å². The lowest BCUT2D eigenvalue weighted by Crippen LogP contribution is -2.22. The van der Waals surface area contributed by atoms with Gasteiger partial charge < -0.3 is 9.84 Å². The van der Waals surface area contributed by atoms with E-state index in [2.05, 4.69) is 20.4 Å². The standard InChI is InChI=1S/C22H20N4O2S/c1-13-8-20(28-26-13)19-11-23-15(3)25-21(19)17-6-4-16(5-7-17)10-24-22(27)18-9-14(2)29-12-18/h4-9,11-12H,10H2,1-3H3,(H,24,27). The van der Waals surface area contributed by atoms with Crippen molar-refractivity contribution >= 4 is 17.2 Å². The Morgan fingerprint density at radius 3 is 2.59 bits per heavy atom. The second kappa shape index (κ2) is 7.97. The van der Waals surface area contributed by atoms with Crippen LogP contribution in [0.25, 0.3) is 22.6 Å². The summed E-state index contributed by atoms with van der Waals surface area (Å²) in [5.74, 6) is 1.26. The zero-order chi connectivity index (χ0) is 20.4. The monoisotopic (exact) mass is 404 g/mol. The quantitative estimate of drug-likeness (QED) is 0.521. The molecule has 1 aromatic carbocycles. The largest absolute Gasteiger partial charge is 0.356 e. The average molecular weight is 404 g/mol. The fourth-order valence-electron chi connectivity index (χ4n) is 2.99. The summed E-state index contributed by atoms with van der Waals surface area (Å²) in [4.78, 5) is 22.3. The van der Waals surface area contributed by atoms with Gasteiger partial charge >= 0.3 is 0 Å². The zero-order valence-corrected chi connectivity index (χ0v) is 17.2. The van der Waals surface area contributed by atoms with Crippen LogP contribution in [-0.2, 0) is 6.54 Å². The van der Waals surface area contributed by atoms with Crippen LogP contribution < -0.4 is 5.32 Å². The van der Waals surface area contributed by atoms with Crippen molar-refractivity contribution in [2.75, 3.05) is 0 Å². The molecule has 7 heteroatoms. The minimum Gasteiger partial charge on any atom is -0.356 e. The van der Waals surface area contributed by atoms with Gasteiger partial charge in [0.25, 0.3) is 5.91 Å². The normalized spacial score (nSPS) is 10.9. The summed E-state index contributed by atoms with van der Waals surface area (Å²) >= 11 is 1.57. The highest BCUT2D eigenvalue weighted by molar-refractivity contribution is 7.10. The predicted octanol–water partition coefficient (Wildman–Crippen LogP) is 4.72. The Balaban J connectivity index is 1.54. The summed E-state index contributed by atoms with van der Waals surface area (Å²) in [5, 5.41) is 8.79. The Hall–Kier alpha value is -3.32. The molecule has 0 bridgehead atoms. The fraction of sp³-hybridized carbons (Fsp3) is 0.182. The molecule has 0 spiro atoms. The molecule has 0 aliphatic heterocycles. The Bertz CT molecular complexity index is 1160. The van der Waals surface area contributed by atoms with Crippen molar-refractivity contribution < 1.29 is 9.32 Å². The molecule has 0 unspecified atom stereocenters. The van der Waals surface area contributed by atoms with Gasteiger partial charge in [0.1, 0.15) is 5.82 Å². The van der Waals surface area contributed by atoms with E-state index in [4.69, 9.17) is 4.52 Å². The van der Waals surface area contributed by atoms with Crippen LogP contribution in [0, 0.1) is 20.8 Å². The third-order valence-corrected chi connectivity index (χ3v) is 5.34. The minimum atomic E-state index is -0.0622. The Kier molecular flexibility index (Phi) is 5.22. The topological polar surface area (TPSA) is 80.9 Å². The average Bonchev–Trinajstić information content (AvgIpc) is 3.35. The summed E-state index contributed by atoms with van der Waals surface area (Å²) in [6, 6.07) is 11.7. The molecule has 0 aliphatic rings. The zero-order valence-electron chi connectivity index (χ0n) is 16.4. The third-order valence-electron chi connectivity index (χ3n) is 4.48. The summed E-state index contributed by atoms with van der Waals surface area (Å²) < 4.78 is 5.41. The molecule has 146 valence electrons. The summed E-state index contributed by atoms with van der Waals surface area (Å²) in [5.41, 5.74) is 5.05. The van der Waals surface area contributed by atoms with Gasteiger partial charge in [0.05, 0.1) is 22.5 Å². The molecule has 4 aromatic rings. The highest BCUT2D eigenvalue weighted by atomic mass is 32.1. The Labute approximate surface area is 172 Å². The highest BCUT2D eigenvalue weighted by Crippen LogP contribution is 2.30. The van der Waals surface area contributed by atoms with Crippen molar-refractivity contribution in [3.63, 3.8) is 0 Å². The fourth-order valence-corrected chi connectivity index (χ4v) is 3.67. The van der Waals surface area contributed by atoms with Crippen molar-refractivity contribution in [1.29, 1.82) is 0 Å². The lowest BCUT2D eigenvalue weighted by molar-refractivity contribution is 0.0951. The van der Waals surface area contributed by atoms with E-state index in [1.807, 2.05) is 62.5 Å². The lowest BCUT2D eigenvalue weighted by atomic mass is 10.0. The van der Waals surface area contributed by atoms with Gasteiger partial charge in [0, 0.05) is 34.6 Å². The van der Waals surface area contributed by atoms with E-state index < -0.39 is 0 Å². The van der Waals surface area contributed by atoms with Gasteiger partial charge in [-0.15, -0.1) is 11.3 Å². The van der Waals surface area contributed by atoms with Crippen molar-refractivity contribution in [3.05, 3.63) is 75.5 Å². The van der Waals surface area contributed by atoms with E-state index in [1.54, 1.807) is 17.5 Å². The smallest absolute Gasteiger partial charge is 0.252 e. The molecule has 3 heterocycles.